The standard InChI is InChI=1S/C9H11F2NO3S/c1-12(16(14,15)9(10)11)6-7-2-4-8(13)5-3-7/h2-5,9,13H,6H2,1H3. The van der Waals surface area contributed by atoms with Crippen molar-refractivity contribution in [2.75, 3.05) is 7.05 Å². The van der Waals surface area contributed by atoms with Gasteiger partial charge < -0.3 is 5.11 Å². The molecule has 0 aliphatic heterocycles. The van der Waals surface area contributed by atoms with Gasteiger partial charge in [-0.3, -0.25) is 0 Å². The molecule has 7 heteroatoms. The zero-order valence-electron chi connectivity index (χ0n) is 8.47. The second kappa shape index (κ2) is 4.75. The first-order chi connectivity index (χ1) is 7.34. The van der Waals surface area contributed by atoms with Gasteiger partial charge in [0.15, 0.2) is 0 Å². The highest BCUT2D eigenvalue weighted by molar-refractivity contribution is 7.89. The number of hydrogen-bond acceptors (Lipinski definition) is 3. The van der Waals surface area contributed by atoms with Crippen molar-refractivity contribution in [3.8, 4) is 5.75 Å². The first-order valence-corrected chi connectivity index (χ1v) is 5.85. The maximum Gasteiger partial charge on any atom is 0.350 e. The fourth-order valence-electron chi connectivity index (χ4n) is 1.08. The summed E-state index contributed by atoms with van der Waals surface area (Å²) in [6, 6.07) is 5.65. The van der Waals surface area contributed by atoms with Crippen molar-refractivity contribution in [2.24, 2.45) is 0 Å². The molecule has 1 aromatic rings. The molecule has 1 aromatic carbocycles. The van der Waals surface area contributed by atoms with E-state index in [0.717, 1.165) is 7.05 Å². The minimum atomic E-state index is -4.55. The third-order valence-electron chi connectivity index (χ3n) is 2.00. The van der Waals surface area contributed by atoms with Gasteiger partial charge in [0.25, 0.3) is 10.0 Å². The van der Waals surface area contributed by atoms with Gasteiger partial charge in [-0.1, -0.05) is 12.1 Å². The summed E-state index contributed by atoms with van der Waals surface area (Å²) >= 11 is 0. The van der Waals surface area contributed by atoms with Crippen molar-refractivity contribution in [1.82, 2.24) is 4.31 Å². The Labute approximate surface area is 92.2 Å². The van der Waals surface area contributed by atoms with Crippen molar-refractivity contribution in [2.45, 2.75) is 12.3 Å². The number of sulfonamides is 1. The lowest BCUT2D eigenvalue weighted by Crippen LogP contribution is -2.31. The van der Waals surface area contributed by atoms with E-state index < -0.39 is 15.8 Å². The Hall–Kier alpha value is -1.21. The molecular weight excluding hydrogens is 240 g/mol. The molecule has 0 saturated carbocycles. The smallest absolute Gasteiger partial charge is 0.350 e. The lowest BCUT2D eigenvalue weighted by Gasteiger charge is -2.16. The molecule has 0 atom stereocenters. The third kappa shape index (κ3) is 2.89. The summed E-state index contributed by atoms with van der Waals surface area (Å²) in [6.07, 6.45) is 0. The van der Waals surface area contributed by atoms with Crippen molar-refractivity contribution < 1.29 is 22.3 Å². The number of halogens is 2. The first kappa shape index (κ1) is 12.9. The van der Waals surface area contributed by atoms with Crippen molar-refractivity contribution in [3.63, 3.8) is 0 Å². The van der Waals surface area contributed by atoms with Gasteiger partial charge in [0.05, 0.1) is 0 Å². The van der Waals surface area contributed by atoms with E-state index in [1.165, 1.54) is 24.3 Å². The predicted octanol–water partition coefficient (Wildman–Crippen LogP) is 1.38. The van der Waals surface area contributed by atoms with E-state index in [9.17, 15) is 17.2 Å². The summed E-state index contributed by atoms with van der Waals surface area (Å²) < 4.78 is 47.0. The summed E-state index contributed by atoms with van der Waals surface area (Å²) in [5, 5.41) is 8.99. The van der Waals surface area contributed by atoms with Crippen LogP contribution in [0.3, 0.4) is 0 Å². The highest BCUT2D eigenvalue weighted by Gasteiger charge is 2.28. The fraction of sp³-hybridized carbons (Fsp3) is 0.333. The summed E-state index contributed by atoms with van der Waals surface area (Å²) in [5.41, 5.74) is 0.518. The summed E-state index contributed by atoms with van der Waals surface area (Å²) in [4.78, 5) is 0. The van der Waals surface area contributed by atoms with Gasteiger partial charge >= 0.3 is 5.76 Å². The Morgan fingerprint density at radius 3 is 2.25 bits per heavy atom. The van der Waals surface area contributed by atoms with Gasteiger partial charge in [0.2, 0.25) is 0 Å². The molecule has 0 heterocycles. The van der Waals surface area contributed by atoms with Gasteiger partial charge in [0.1, 0.15) is 5.75 Å². The van der Waals surface area contributed by atoms with Crippen LogP contribution in [0.1, 0.15) is 5.56 Å². The van der Waals surface area contributed by atoms with Crippen LogP contribution < -0.4 is 0 Å². The molecule has 0 saturated heterocycles. The third-order valence-corrected chi connectivity index (χ3v) is 3.45. The average Bonchev–Trinajstić information content (AvgIpc) is 2.21. The maximum absolute atomic E-state index is 12.2. The molecule has 1 rings (SSSR count). The van der Waals surface area contributed by atoms with Gasteiger partial charge in [-0.25, -0.2) is 8.42 Å². The number of hydrogen-bond donors (Lipinski definition) is 1. The number of benzene rings is 1. The maximum atomic E-state index is 12.2. The number of phenols is 1. The lowest BCUT2D eigenvalue weighted by molar-refractivity contribution is 0.222. The quantitative estimate of drug-likeness (QED) is 0.879. The summed E-state index contributed by atoms with van der Waals surface area (Å²) in [5.74, 6) is -3.39. The molecule has 0 radical (unpaired) electrons. The van der Waals surface area contributed by atoms with Crippen molar-refractivity contribution >= 4 is 10.0 Å². The number of aromatic hydroxyl groups is 1. The number of nitrogens with zero attached hydrogens (tertiary/aromatic N) is 1. The summed E-state index contributed by atoms with van der Waals surface area (Å²) in [7, 11) is -3.47. The molecule has 0 bridgehead atoms. The molecule has 16 heavy (non-hydrogen) atoms. The van der Waals surface area contributed by atoms with E-state index in [1.54, 1.807) is 0 Å². The Balaban J connectivity index is 2.79. The van der Waals surface area contributed by atoms with Crippen LogP contribution in [0.4, 0.5) is 8.78 Å². The Morgan fingerprint density at radius 2 is 1.81 bits per heavy atom. The highest BCUT2D eigenvalue weighted by Crippen LogP contribution is 2.15. The monoisotopic (exact) mass is 251 g/mol. The molecular formula is C9H11F2NO3S. The van der Waals surface area contributed by atoms with Crippen LogP contribution in [0.5, 0.6) is 5.75 Å². The van der Waals surface area contributed by atoms with Gasteiger partial charge in [0, 0.05) is 13.6 Å². The predicted molar refractivity (Wildman–Crippen MR) is 54.5 cm³/mol. The zero-order valence-corrected chi connectivity index (χ0v) is 9.29. The molecule has 0 aromatic heterocycles. The van der Waals surface area contributed by atoms with Crippen LogP contribution in [-0.4, -0.2) is 30.6 Å². The van der Waals surface area contributed by atoms with E-state index >= 15 is 0 Å². The molecule has 0 aliphatic carbocycles. The molecule has 1 N–H and O–H groups in total. The summed E-state index contributed by atoms with van der Waals surface area (Å²) in [6.45, 7) is -0.160. The van der Waals surface area contributed by atoms with E-state index in [-0.39, 0.29) is 12.3 Å². The number of alkyl halides is 2. The van der Waals surface area contributed by atoms with E-state index in [4.69, 9.17) is 5.11 Å². The van der Waals surface area contributed by atoms with Crippen LogP contribution in [0.25, 0.3) is 0 Å². The minimum absolute atomic E-state index is 0.0307. The molecule has 0 unspecified atom stereocenters. The molecule has 0 amide bonds. The van der Waals surface area contributed by atoms with Gasteiger partial charge in [-0.05, 0) is 17.7 Å². The van der Waals surface area contributed by atoms with E-state index in [0.29, 0.717) is 9.87 Å². The second-order valence-electron chi connectivity index (χ2n) is 3.23. The topological polar surface area (TPSA) is 57.6 Å². The number of rotatable bonds is 4. The second-order valence-corrected chi connectivity index (χ2v) is 5.24. The van der Waals surface area contributed by atoms with Crippen LogP contribution in [-0.2, 0) is 16.6 Å². The Morgan fingerprint density at radius 1 is 1.31 bits per heavy atom. The van der Waals surface area contributed by atoms with Crippen LogP contribution in [0.15, 0.2) is 24.3 Å². The van der Waals surface area contributed by atoms with Gasteiger partial charge in [-0.2, -0.15) is 13.1 Å². The molecule has 0 spiro atoms. The number of phenolic OH excluding ortho intramolecular Hbond substituents is 1. The Bertz CT molecular complexity index is 444. The first-order valence-electron chi connectivity index (χ1n) is 4.35. The fourth-order valence-corrected chi connectivity index (χ4v) is 1.69. The SMILES string of the molecule is CN(Cc1ccc(O)cc1)S(=O)(=O)C(F)F. The molecule has 90 valence electrons. The van der Waals surface area contributed by atoms with Crippen LogP contribution >= 0.6 is 0 Å². The van der Waals surface area contributed by atoms with E-state index in [1.807, 2.05) is 0 Å². The minimum Gasteiger partial charge on any atom is -0.508 e. The Kier molecular flexibility index (Phi) is 3.82. The van der Waals surface area contributed by atoms with E-state index in [2.05, 4.69) is 0 Å². The van der Waals surface area contributed by atoms with Crippen LogP contribution in [0, 0.1) is 0 Å². The normalized spacial score (nSPS) is 12.3. The molecule has 0 aliphatic rings. The zero-order chi connectivity index (χ0) is 12.3. The van der Waals surface area contributed by atoms with Crippen LogP contribution in [0.2, 0.25) is 0 Å². The molecule has 0 fully saturated rings. The largest absolute Gasteiger partial charge is 0.508 e. The van der Waals surface area contributed by atoms with Gasteiger partial charge in [-0.15, -0.1) is 0 Å². The van der Waals surface area contributed by atoms with Crippen molar-refractivity contribution in [3.05, 3.63) is 29.8 Å². The molecule has 4 nitrogen and oxygen atoms in total. The highest BCUT2D eigenvalue weighted by atomic mass is 32.2. The average molecular weight is 251 g/mol. The lowest BCUT2D eigenvalue weighted by atomic mass is 10.2. The van der Waals surface area contributed by atoms with Crippen molar-refractivity contribution in [1.29, 1.82) is 0 Å².